The number of anilines is 2. The van der Waals surface area contributed by atoms with Crippen molar-refractivity contribution in [1.82, 2.24) is 15.1 Å². The van der Waals surface area contributed by atoms with Crippen LogP contribution in [0, 0.1) is 23.6 Å². The summed E-state index contributed by atoms with van der Waals surface area (Å²) in [7, 11) is 0. The van der Waals surface area contributed by atoms with Crippen molar-refractivity contribution in [3.8, 4) is 5.75 Å². The lowest BCUT2D eigenvalue weighted by molar-refractivity contribution is -0.136. The van der Waals surface area contributed by atoms with Crippen molar-refractivity contribution in [3.63, 3.8) is 0 Å². The number of piperazine rings is 1. The van der Waals surface area contributed by atoms with Crippen molar-refractivity contribution >= 4 is 29.1 Å². The van der Waals surface area contributed by atoms with E-state index >= 15 is 4.39 Å². The number of imide groups is 1. The van der Waals surface area contributed by atoms with Gasteiger partial charge in [-0.25, -0.2) is 4.39 Å². The maximum atomic E-state index is 16.0. The molecular weight excluding hydrogens is 670 g/mol. The van der Waals surface area contributed by atoms with Crippen molar-refractivity contribution in [1.29, 1.82) is 0 Å². The third-order valence-corrected chi connectivity index (χ3v) is 12.5. The molecule has 8 rings (SSSR count). The summed E-state index contributed by atoms with van der Waals surface area (Å²) in [6.07, 6.45) is 5.80. The van der Waals surface area contributed by atoms with Crippen LogP contribution < -0.4 is 15.1 Å². The molecular formula is C43H52FN5O4. The first-order valence-electron chi connectivity index (χ1n) is 19.7. The fourth-order valence-electron chi connectivity index (χ4n) is 9.83. The van der Waals surface area contributed by atoms with E-state index in [1.54, 1.807) is 17.0 Å². The number of halogens is 1. The molecule has 2 N–H and O–H groups in total. The number of carbonyl (C=O) groups is 3. The van der Waals surface area contributed by atoms with Crippen LogP contribution in [0.3, 0.4) is 0 Å². The van der Waals surface area contributed by atoms with Crippen LogP contribution in [0.4, 0.5) is 15.8 Å². The molecule has 0 bridgehead atoms. The molecule has 3 atom stereocenters. The fraction of sp³-hybridized carbons (Fsp3) is 0.512. The van der Waals surface area contributed by atoms with E-state index in [0.29, 0.717) is 47.7 Å². The summed E-state index contributed by atoms with van der Waals surface area (Å²) in [6, 6.07) is 17.1. The van der Waals surface area contributed by atoms with E-state index in [0.717, 1.165) is 94.7 Å². The van der Waals surface area contributed by atoms with Crippen LogP contribution in [-0.4, -0.2) is 84.5 Å². The average molecular weight is 722 g/mol. The van der Waals surface area contributed by atoms with E-state index in [9.17, 15) is 19.5 Å². The number of nitrogens with zero attached hydrogens (tertiary/aromatic N) is 4. The molecule has 10 heteroatoms. The molecule has 0 radical (unpaired) electrons. The van der Waals surface area contributed by atoms with Gasteiger partial charge in [-0.1, -0.05) is 26.0 Å². The maximum Gasteiger partial charge on any atom is 0.255 e. The molecule has 4 aliphatic heterocycles. The first-order valence-corrected chi connectivity index (χ1v) is 19.7. The Bertz CT molecular complexity index is 1880. The van der Waals surface area contributed by atoms with Crippen LogP contribution in [0.5, 0.6) is 5.75 Å². The minimum absolute atomic E-state index is 0.133. The van der Waals surface area contributed by atoms with Gasteiger partial charge < -0.3 is 19.8 Å². The third kappa shape index (κ3) is 7.27. The molecule has 3 amide bonds. The van der Waals surface area contributed by atoms with Crippen LogP contribution >= 0.6 is 0 Å². The Morgan fingerprint density at radius 2 is 1.62 bits per heavy atom. The summed E-state index contributed by atoms with van der Waals surface area (Å²) in [5.41, 5.74) is 6.85. The molecule has 9 nitrogen and oxygen atoms in total. The van der Waals surface area contributed by atoms with Gasteiger partial charge in [-0.05, 0) is 121 Å². The first-order chi connectivity index (χ1) is 25.6. The molecule has 0 aromatic heterocycles. The molecule has 3 fully saturated rings. The largest absolute Gasteiger partial charge is 0.508 e. The Morgan fingerprint density at radius 3 is 2.36 bits per heavy atom. The Balaban J connectivity index is 0.841. The second-order valence-corrected chi connectivity index (χ2v) is 16.5. The Hall–Kier alpha value is -4.44. The van der Waals surface area contributed by atoms with E-state index < -0.39 is 6.04 Å². The molecule has 5 aliphatic rings. The molecule has 3 aromatic rings. The summed E-state index contributed by atoms with van der Waals surface area (Å²) < 4.78 is 16.0. The summed E-state index contributed by atoms with van der Waals surface area (Å²) in [5.74, 6) is 1.10. The summed E-state index contributed by atoms with van der Waals surface area (Å²) in [6.45, 7) is 11.4. The fourth-order valence-corrected chi connectivity index (χ4v) is 9.83. The average Bonchev–Trinajstić information content (AvgIpc) is 3.47. The molecule has 1 aliphatic carbocycles. The number of phenols is 1. The number of hydrogen-bond donors (Lipinski definition) is 2. The molecule has 0 spiro atoms. The number of amides is 3. The number of nitrogens with one attached hydrogen (secondary N) is 1. The van der Waals surface area contributed by atoms with Gasteiger partial charge in [0.1, 0.15) is 17.6 Å². The number of piperidine rings is 2. The van der Waals surface area contributed by atoms with E-state index in [2.05, 4.69) is 52.1 Å². The van der Waals surface area contributed by atoms with Gasteiger partial charge in [0, 0.05) is 75.9 Å². The SMILES string of the molecule is CC(C)CC1CCc2cc(O)ccc2C1c1ccc(N2CCC(CN3CCN(c4ccc5c(c4)CN(C4CCC(=O)NC4=O)C5=O)CC3)CC2)c(F)c1. The monoisotopic (exact) mass is 721 g/mol. The summed E-state index contributed by atoms with van der Waals surface area (Å²) >= 11 is 0. The van der Waals surface area contributed by atoms with Crippen molar-refractivity contribution < 1.29 is 23.9 Å². The van der Waals surface area contributed by atoms with E-state index in [-0.39, 0.29) is 35.9 Å². The Labute approximate surface area is 312 Å². The molecule has 280 valence electrons. The molecule has 0 saturated carbocycles. The van der Waals surface area contributed by atoms with Gasteiger partial charge in [0.05, 0.1) is 5.69 Å². The third-order valence-electron chi connectivity index (χ3n) is 12.5. The van der Waals surface area contributed by atoms with Crippen LogP contribution in [0.15, 0.2) is 54.6 Å². The zero-order valence-electron chi connectivity index (χ0n) is 31.0. The molecule has 3 aromatic carbocycles. The standard InChI is InChI=1S/C43H52FN5O4/c1-27(2)21-30-4-3-29-23-34(50)7-9-35(29)41(30)31-5-10-38(37(44)24-31)48-15-13-28(14-16-48)25-46-17-19-47(20-18-46)33-6-8-36-32(22-33)26-49(43(36)53)39-11-12-40(51)45-42(39)52/h5-10,22-24,27-28,30,39,41,50H,3-4,11-21,25-26H2,1-2H3,(H,45,51,52). The molecule has 3 unspecified atom stereocenters. The molecule has 4 heterocycles. The minimum Gasteiger partial charge on any atom is -0.508 e. The highest BCUT2D eigenvalue weighted by atomic mass is 19.1. The Kier molecular flexibility index (Phi) is 9.91. The van der Waals surface area contributed by atoms with Crippen molar-refractivity contribution in [2.45, 2.75) is 77.3 Å². The quantitative estimate of drug-likeness (QED) is 0.273. The normalized spacial score (nSPS) is 24.1. The number of aromatic hydroxyl groups is 1. The van der Waals surface area contributed by atoms with Gasteiger partial charge in [0.15, 0.2) is 0 Å². The molecule has 3 saturated heterocycles. The smallest absolute Gasteiger partial charge is 0.255 e. The van der Waals surface area contributed by atoms with Gasteiger partial charge in [0.2, 0.25) is 11.8 Å². The van der Waals surface area contributed by atoms with Gasteiger partial charge in [-0.2, -0.15) is 0 Å². The van der Waals surface area contributed by atoms with Gasteiger partial charge in [-0.3, -0.25) is 24.6 Å². The van der Waals surface area contributed by atoms with E-state index in [4.69, 9.17) is 0 Å². The number of hydrogen-bond acceptors (Lipinski definition) is 7. The van der Waals surface area contributed by atoms with Crippen LogP contribution in [0.1, 0.15) is 90.9 Å². The number of benzene rings is 3. The molecule has 53 heavy (non-hydrogen) atoms. The number of rotatable bonds is 8. The number of phenolic OH excluding ortho intramolecular Hbond substituents is 1. The zero-order chi connectivity index (χ0) is 36.8. The van der Waals surface area contributed by atoms with Crippen molar-refractivity contribution in [2.75, 3.05) is 55.6 Å². The predicted octanol–water partition coefficient (Wildman–Crippen LogP) is 6.07. The van der Waals surface area contributed by atoms with E-state index in [1.807, 2.05) is 24.3 Å². The van der Waals surface area contributed by atoms with Gasteiger partial charge >= 0.3 is 0 Å². The highest BCUT2D eigenvalue weighted by molar-refractivity contribution is 6.05. The lowest BCUT2D eigenvalue weighted by Crippen LogP contribution is -2.52. The van der Waals surface area contributed by atoms with Crippen molar-refractivity contribution in [3.05, 3.63) is 88.2 Å². The topological polar surface area (TPSA) is 96.4 Å². The van der Waals surface area contributed by atoms with Crippen LogP contribution in [0.2, 0.25) is 0 Å². The van der Waals surface area contributed by atoms with Crippen LogP contribution in [-0.2, 0) is 22.6 Å². The first kappa shape index (κ1) is 35.6. The maximum absolute atomic E-state index is 16.0. The summed E-state index contributed by atoms with van der Waals surface area (Å²) in [4.78, 5) is 46.0. The predicted molar refractivity (Wildman–Crippen MR) is 204 cm³/mol. The van der Waals surface area contributed by atoms with E-state index in [1.165, 1.54) is 11.1 Å². The van der Waals surface area contributed by atoms with Gasteiger partial charge in [-0.15, -0.1) is 0 Å². The highest BCUT2D eigenvalue weighted by Gasteiger charge is 2.39. The Morgan fingerprint density at radius 1 is 0.830 bits per heavy atom. The summed E-state index contributed by atoms with van der Waals surface area (Å²) in [5, 5.41) is 12.5. The van der Waals surface area contributed by atoms with Crippen molar-refractivity contribution in [2.24, 2.45) is 17.8 Å². The second kappa shape index (κ2) is 14.8. The lowest BCUT2D eigenvalue weighted by Gasteiger charge is -2.40. The number of carbonyl (C=O) groups excluding carboxylic acids is 3. The minimum atomic E-state index is -0.601. The van der Waals surface area contributed by atoms with Gasteiger partial charge in [0.25, 0.3) is 5.91 Å². The second-order valence-electron chi connectivity index (χ2n) is 16.5. The number of aryl methyl sites for hydroxylation is 1. The zero-order valence-corrected chi connectivity index (χ0v) is 31.0. The number of fused-ring (bicyclic) bond motifs is 2. The lowest BCUT2D eigenvalue weighted by atomic mass is 9.69. The van der Waals surface area contributed by atoms with Crippen LogP contribution in [0.25, 0.3) is 0 Å². The highest BCUT2D eigenvalue weighted by Crippen LogP contribution is 2.45.